The molecule has 0 aliphatic carbocycles. The molecule has 0 saturated carbocycles. The summed E-state index contributed by atoms with van der Waals surface area (Å²) in [7, 11) is 3.97. The van der Waals surface area contributed by atoms with E-state index in [-0.39, 0.29) is 0 Å². The highest BCUT2D eigenvalue weighted by molar-refractivity contribution is 4.64. The Morgan fingerprint density at radius 1 is 1.25 bits per heavy atom. The predicted octanol–water partition coefficient (Wildman–Crippen LogP) is 2.12. The van der Waals surface area contributed by atoms with Crippen LogP contribution in [-0.2, 0) is 4.74 Å². The van der Waals surface area contributed by atoms with Crippen molar-refractivity contribution in [1.82, 2.24) is 10.2 Å². The molecule has 0 aromatic heterocycles. The summed E-state index contributed by atoms with van der Waals surface area (Å²) in [5.74, 6) is 0. The molecule has 0 aliphatic rings. The summed E-state index contributed by atoms with van der Waals surface area (Å²) in [5, 5.41) is 3.44. The van der Waals surface area contributed by atoms with Crippen LogP contribution < -0.4 is 5.32 Å². The minimum absolute atomic E-state index is 0.681. The molecule has 0 aromatic rings. The van der Waals surface area contributed by atoms with Crippen LogP contribution in [0.1, 0.15) is 39.5 Å². The molecule has 1 N–H and O–H groups in total. The molecule has 3 nitrogen and oxygen atoms in total. The first-order valence-corrected chi connectivity index (χ1v) is 6.62. The molecular weight excluding hydrogens is 200 g/mol. The van der Waals surface area contributed by atoms with Gasteiger partial charge in [0.1, 0.15) is 0 Å². The average Bonchev–Trinajstić information content (AvgIpc) is 2.28. The van der Waals surface area contributed by atoms with Crippen LogP contribution in [-0.4, -0.2) is 51.3 Å². The lowest BCUT2D eigenvalue weighted by atomic mass is 10.1. The van der Waals surface area contributed by atoms with Crippen LogP contribution in [0, 0.1) is 0 Å². The van der Waals surface area contributed by atoms with Crippen LogP contribution in [0.25, 0.3) is 0 Å². The maximum Gasteiger partial charge on any atom is 0.0474 e. The minimum atomic E-state index is 0.681. The topological polar surface area (TPSA) is 24.5 Å². The first-order valence-electron chi connectivity index (χ1n) is 6.62. The molecule has 0 fully saturated rings. The summed E-state index contributed by atoms with van der Waals surface area (Å²) in [5.41, 5.74) is 0. The van der Waals surface area contributed by atoms with Gasteiger partial charge >= 0.3 is 0 Å². The third-order valence-electron chi connectivity index (χ3n) is 3.01. The van der Waals surface area contributed by atoms with Crippen molar-refractivity contribution in [3.63, 3.8) is 0 Å². The second kappa shape index (κ2) is 11.4. The number of hydrogen-bond donors (Lipinski definition) is 1. The van der Waals surface area contributed by atoms with Crippen LogP contribution >= 0.6 is 0 Å². The van der Waals surface area contributed by atoms with Crippen molar-refractivity contribution in [2.24, 2.45) is 0 Å². The van der Waals surface area contributed by atoms with E-state index in [9.17, 15) is 0 Å². The Hall–Kier alpha value is -0.120. The fourth-order valence-electron chi connectivity index (χ4n) is 1.72. The van der Waals surface area contributed by atoms with Gasteiger partial charge in [-0.25, -0.2) is 0 Å². The maximum atomic E-state index is 5.06. The van der Waals surface area contributed by atoms with Crippen LogP contribution in [0.3, 0.4) is 0 Å². The molecule has 1 unspecified atom stereocenters. The Balaban J connectivity index is 3.36. The molecule has 0 rings (SSSR count). The molecule has 16 heavy (non-hydrogen) atoms. The first kappa shape index (κ1) is 15.9. The van der Waals surface area contributed by atoms with Crippen LogP contribution in [0.5, 0.6) is 0 Å². The van der Waals surface area contributed by atoms with E-state index in [1.807, 2.05) is 0 Å². The Labute approximate surface area is 102 Å². The molecule has 0 radical (unpaired) electrons. The fourth-order valence-corrected chi connectivity index (χ4v) is 1.72. The second-order valence-electron chi connectivity index (χ2n) is 4.57. The molecular formula is C13H30N2O. The van der Waals surface area contributed by atoms with Gasteiger partial charge in [0.05, 0.1) is 0 Å². The summed E-state index contributed by atoms with van der Waals surface area (Å²) in [6.45, 7) is 8.83. The van der Waals surface area contributed by atoms with Crippen molar-refractivity contribution in [3.8, 4) is 0 Å². The number of rotatable bonds is 11. The van der Waals surface area contributed by atoms with Crippen molar-refractivity contribution >= 4 is 0 Å². The van der Waals surface area contributed by atoms with E-state index in [0.29, 0.717) is 6.04 Å². The maximum absolute atomic E-state index is 5.06. The van der Waals surface area contributed by atoms with Gasteiger partial charge in [0, 0.05) is 26.3 Å². The standard InChI is InChI=1S/C13H30N2O/c1-5-9-14-10-6-8-13(2)15(3)11-7-12-16-4/h13-14H,5-12H2,1-4H3. The molecule has 0 amide bonds. The highest BCUT2D eigenvalue weighted by Gasteiger charge is 2.07. The van der Waals surface area contributed by atoms with Crippen LogP contribution in [0.4, 0.5) is 0 Å². The minimum Gasteiger partial charge on any atom is -0.385 e. The Morgan fingerprint density at radius 2 is 2.00 bits per heavy atom. The number of methoxy groups -OCH3 is 1. The van der Waals surface area contributed by atoms with Gasteiger partial charge < -0.3 is 15.0 Å². The quantitative estimate of drug-likeness (QED) is 0.550. The largest absolute Gasteiger partial charge is 0.385 e. The Morgan fingerprint density at radius 3 is 2.62 bits per heavy atom. The van der Waals surface area contributed by atoms with Crippen LogP contribution in [0.15, 0.2) is 0 Å². The highest BCUT2D eigenvalue weighted by atomic mass is 16.5. The lowest BCUT2D eigenvalue weighted by Crippen LogP contribution is -2.31. The third-order valence-corrected chi connectivity index (χ3v) is 3.01. The highest BCUT2D eigenvalue weighted by Crippen LogP contribution is 2.04. The molecule has 3 heteroatoms. The Kier molecular flexibility index (Phi) is 11.3. The molecule has 98 valence electrons. The zero-order valence-corrected chi connectivity index (χ0v) is 11.6. The van der Waals surface area contributed by atoms with E-state index in [1.54, 1.807) is 7.11 Å². The van der Waals surface area contributed by atoms with Gasteiger partial charge in [-0.05, 0) is 52.7 Å². The normalized spacial score (nSPS) is 13.3. The Bertz CT molecular complexity index is 142. The summed E-state index contributed by atoms with van der Waals surface area (Å²) in [6.07, 6.45) is 4.91. The SMILES string of the molecule is CCCNCCCC(C)N(C)CCCOC. The van der Waals surface area contributed by atoms with Gasteiger partial charge in [0.25, 0.3) is 0 Å². The molecule has 0 aromatic carbocycles. The van der Waals surface area contributed by atoms with Gasteiger partial charge in [-0.2, -0.15) is 0 Å². The molecule has 0 saturated heterocycles. The van der Waals surface area contributed by atoms with Crippen molar-refractivity contribution in [2.75, 3.05) is 40.4 Å². The predicted molar refractivity (Wildman–Crippen MR) is 71.0 cm³/mol. The molecule has 0 spiro atoms. The van der Waals surface area contributed by atoms with Crippen molar-refractivity contribution in [3.05, 3.63) is 0 Å². The van der Waals surface area contributed by atoms with Crippen molar-refractivity contribution < 1.29 is 4.74 Å². The van der Waals surface area contributed by atoms with E-state index in [1.165, 1.54) is 19.3 Å². The fraction of sp³-hybridized carbons (Fsp3) is 1.00. The summed E-state index contributed by atoms with van der Waals surface area (Å²) in [4.78, 5) is 2.43. The van der Waals surface area contributed by atoms with E-state index in [4.69, 9.17) is 4.74 Å². The second-order valence-corrected chi connectivity index (χ2v) is 4.57. The molecule has 0 heterocycles. The zero-order valence-electron chi connectivity index (χ0n) is 11.6. The smallest absolute Gasteiger partial charge is 0.0474 e. The van der Waals surface area contributed by atoms with Crippen LogP contribution in [0.2, 0.25) is 0 Å². The molecule has 0 bridgehead atoms. The third kappa shape index (κ3) is 9.13. The summed E-state index contributed by atoms with van der Waals surface area (Å²) < 4.78 is 5.06. The lowest BCUT2D eigenvalue weighted by Gasteiger charge is -2.24. The van der Waals surface area contributed by atoms with Gasteiger partial charge in [-0.3, -0.25) is 0 Å². The number of nitrogens with one attached hydrogen (secondary N) is 1. The van der Waals surface area contributed by atoms with E-state index in [0.717, 1.165) is 32.7 Å². The number of nitrogens with zero attached hydrogens (tertiary/aromatic N) is 1. The first-order chi connectivity index (χ1) is 7.72. The average molecular weight is 230 g/mol. The zero-order chi connectivity index (χ0) is 12.2. The molecule has 1 atom stereocenters. The van der Waals surface area contributed by atoms with Gasteiger partial charge in [0.15, 0.2) is 0 Å². The van der Waals surface area contributed by atoms with E-state index < -0.39 is 0 Å². The monoisotopic (exact) mass is 230 g/mol. The lowest BCUT2D eigenvalue weighted by molar-refractivity contribution is 0.165. The van der Waals surface area contributed by atoms with Crippen molar-refractivity contribution in [1.29, 1.82) is 0 Å². The van der Waals surface area contributed by atoms with Crippen molar-refractivity contribution in [2.45, 2.75) is 45.6 Å². The number of ether oxygens (including phenoxy) is 1. The number of hydrogen-bond acceptors (Lipinski definition) is 3. The summed E-state index contributed by atoms with van der Waals surface area (Å²) in [6, 6.07) is 0.681. The van der Waals surface area contributed by atoms with Gasteiger partial charge in [-0.1, -0.05) is 6.92 Å². The molecule has 0 aliphatic heterocycles. The van der Waals surface area contributed by atoms with Gasteiger partial charge in [0.2, 0.25) is 0 Å². The van der Waals surface area contributed by atoms with E-state index in [2.05, 4.69) is 31.1 Å². The van der Waals surface area contributed by atoms with Gasteiger partial charge in [-0.15, -0.1) is 0 Å². The van der Waals surface area contributed by atoms with E-state index >= 15 is 0 Å². The summed E-state index contributed by atoms with van der Waals surface area (Å²) >= 11 is 0.